The fraction of sp³-hybridized carbons (Fsp3) is 0.0556. The van der Waals surface area contributed by atoms with Gasteiger partial charge in [0.05, 0.1) is 18.4 Å². The highest BCUT2D eigenvalue weighted by Gasteiger charge is 2.07. The van der Waals surface area contributed by atoms with Gasteiger partial charge in [0.2, 0.25) is 5.95 Å². The summed E-state index contributed by atoms with van der Waals surface area (Å²) in [6.45, 7) is 0. The number of carbonyl (C=O) groups excluding carboxylic acids is 1. The summed E-state index contributed by atoms with van der Waals surface area (Å²) < 4.78 is 31.3. The van der Waals surface area contributed by atoms with Crippen molar-refractivity contribution in [2.24, 2.45) is 0 Å². The van der Waals surface area contributed by atoms with Gasteiger partial charge in [-0.05, 0) is 42.5 Å². The molecule has 2 aromatic carbocycles. The first kappa shape index (κ1) is 17.3. The van der Waals surface area contributed by atoms with Gasteiger partial charge in [0.15, 0.2) is 0 Å². The number of rotatable bonds is 5. The van der Waals surface area contributed by atoms with Crippen LogP contribution in [0.4, 0.5) is 31.9 Å². The number of hydrogen-bond acceptors (Lipinski definition) is 6. The van der Waals surface area contributed by atoms with Crippen molar-refractivity contribution >= 4 is 29.1 Å². The molecular weight excluding hydrogens is 342 g/mol. The van der Waals surface area contributed by atoms with Crippen LogP contribution in [0.5, 0.6) is 0 Å². The van der Waals surface area contributed by atoms with Crippen molar-refractivity contribution in [2.45, 2.75) is 0 Å². The lowest BCUT2D eigenvalue weighted by Gasteiger charge is -2.09. The smallest absolute Gasteiger partial charge is 0.337 e. The van der Waals surface area contributed by atoms with Gasteiger partial charge in [-0.15, -0.1) is 0 Å². The Hall–Kier alpha value is -3.55. The van der Waals surface area contributed by atoms with E-state index in [1.54, 1.807) is 30.3 Å². The predicted molar refractivity (Wildman–Crippen MR) is 92.7 cm³/mol. The zero-order valence-electron chi connectivity index (χ0n) is 13.7. The number of ether oxygens (including phenoxy) is 1. The summed E-state index contributed by atoms with van der Waals surface area (Å²) in [6, 6.07) is 11.3. The van der Waals surface area contributed by atoms with Crippen molar-refractivity contribution < 1.29 is 18.3 Å². The third-order valence-electron chi connectivity index (χ3n) is 3.41. The van der Waals surface area contributed by atoms with Crippen LogP contribution < -0.4 is 10.6 Å². The van der Waals surface area contributed by atoms with Crippen molar-refractivity contribution in [3.63, 3.8) is 0 Å². The molecule has 0 fully saturated rings. The SMILES string of the molecule is COC(=O)c1ccc(Nc2nccc(Nc3ccc(F)cc3F)n2)cc1. The van der Waals surface area contributed by atoms with Crippen molar-refractivity contribution in [3.8, 4) is 0 Å². The highest BCUT2D eigenvalue weighted by atomic mass is 19.1. The summed E-state index contributed by atoms with van der Waals surface area (Å²) in [5.41, 5.74) is 1.17. The minimum atomic E-state index is -0.725. The lowest BCUT2D eigenvalue weighted by Crippen LogP contribution is -2.03. The lowest BCUT2D eigenvalue weighted by molar-refractivity contribution is 0.0601. The van der Waals surface area contributed by atoms with Crippen molar-refractivity contribution in [3.05, 3.63) is 71.9 Å². The molecule has 0 atom stereocenters. The molecule has 3 aromatic rings. The van der Waals surface area contributed by atoms with E-state index in [2.05, 4.69) is 25.3 Å². The Morgan fingerprint density at radius 2 is 1.81 bits per heavy atom. The largest absolute Gasteiger partial charge is 0.465 e. The van der Waals surface area contributed by atoms with Gasteiger partial charge in [-0.3, -0.25) is 0 Å². The second-order valence-corrected chi connectivity index (χ2v) is 5.21. The number of esters is 1. The number of nitrogens with zero attached hydrogens (tertiary/aromatic N) is 2. The number of aromatic nitrogens is 2. The second kappa shape index (κ2) is 7.56. The van der Waals surface area contributed by atoms with E-state index in [1.165, 1.54) is 19.4 Å². The van der Waals surface area contributed by atoms with Crippen LogP contribution in [0.1, 0.15) is 10.4 Å². The van der Waals surface area contributed by atoms with Gasteiger partial charge in [0.1, 0.15) is 17.5 Å². The quantitative estimate of drug-likeness (QED) is 0.672. The minimum absolute atomic E-state index is 0.0958. The van der Waals surface area contributed by atoms with Crippen LogP contribution in [0, 0.1) is 11.6 Å². The molecule has 0 saturated heterocycles. The highest BCUT2D eigenvalue weighted by molar-refractivity contribution is 5.89. The molecule has 132 valence electrons. The van der Waals surface area contributed by atoms with Crippen LogP contribution in [0.3, 0.4) is 0 Å². The molecule has 0 saturated carbocycles. The van der Waals surface area contributed by atoms with Gasteiger partial charge in [0, 0.05) is 18.0 Å². The Kier molecular flexibility index (Phi) is 5.02. The minimum Gasteiger partial charge on any atom is -0.465 e. The number of nitrogens with one attached hydrogen (secondary N) is 2. The molecule has 0 bridgehead atoms. The number of benzene rings is 2. The molecule has 26 heavy (non-hydrogen) atoms. The van der Waals surface area contributed by atoms with E-state index in [-0.39, 0.29) is 11.6 Å². The van der Waals surface area contributed by atoms with Crippen molar-refractivity contribution in [1.29, 1.82) is 0 Å². The van der Waals surface area contributed by atoms with E-state index in [0.717, 1.165) is 12.1 Å². The lowest BCUT2D eigenvalue weighted by atomic mass is 10.2. The van der Waals surface area contributed by atoms with Crippen LogP contribution in [-0.2, 0) is 4.74 Å². The molecule has 2 N–H and O–H groups in total. The van der Waals surface area contributed by atoms with Gasteiger partial charge in [0.25, 0.3) is 0 Å². The third kappa shape index (κ3) is 4.10. The molecule has 1 heterocycles. The summed E-state index contributed by atoms with van der Waals surface area (Å²) in [7, 11) is 1.31. The molecule has 0 aliphatic heterocycles. The Morgan fingerprint density at radius 3 is 2.50 bits per heavy atom. The monoisotopic (exact) mass is 356 g/mol. The number of carbonyl (C=O) groups is 1. The molecule has 8 heteroatoms. The van der Waals surface area contributed by atoms with Crippen molar-refractivity contribution in [1.82, 2.24) is 9.97 Å². The maximum absolute atomic E-state index is 13.7. The van der Waals surface area contributed by atoms with Gasteiger partial charge >= 0.3 is 5.97 Å². The van der Waals surface area contributed by atoms with E-state index in [0.29, 0.717) is 17.1 Å². The van der Waals surface area contributed by atoms with Gasteiger partial charge in [-0.2, -0.15) is 4.98 Å². The molecule has 1 aromatic heterocycles. The molecule has 0 unspecified atom stereocenters. The van der Waals surface area contributed by atoms with Crippen LogP contribution in [0.25, 0.3) is 0 Å². The van der Waals surface area contributed by atoms with Crippen LogP contribution in [-0.4, -0.2) is 23.0 Å². The van der Waals surface area contributed by atoms with Crippen LogP contribution >= 0.6 is 0 Å². The molecule has 0 aliphatic rings. The fourth-order valence-electron chi connectivity index (χ4n) is 2.15. The van der Waals surface area contributed by atoms with Gasteiger partial charge < -0.3 is 15.4 Å². The van der Waals surface area contributed by atoms with E-state index in [4.69, 9.17) is 0 Å². The van der Waals surface area contributed by atoms with Crippen LogP contribution in [0.15, 0.2) is 54.7 Å². The second-order valence-electron chi connectivity index (χ2n) is 5.21. The average Bonchev–Trinajstić information content (AvgIpc) is 2.64. The highest BCUT2D eigenvalue weighted by Crippen LogP contribution is 2.21. The zero-order valence-corrected chi connectivity index (χ0v) is 13.7. The van der Waals surface area contributed by atoms with Crippen molar-refractivity contribution in [2.75, 3.05) is 17.7 Å². The van der Waals surface area contributed by atoms with Gasteiger partial charge in [-0.1, -0.05) is 0 Å². The molecular formula is C18H14F2N4O2. The normalized spacial score (nSPS) is 10.3. The first-order chi connectivity index (χ1) is 12.5. The molecule has 0 amide bonds. The maximum Gasteiger partial charge on any atom is 0.337 e. The molecule has 0 radical (unpaired) electrons. The standard InChI is InChI=1S/C18H14F2N4O2/c1-26-17(25)11-2-5-13(6-3-11)22-18-21-9-8-16(24-18)23-15-7-4-12(19)10-14(15)20/h2-10H,1H3,(H2,21,22,23,24). The molecule has 6 nitrogen and oxygen atoms in total. The van der Waals surface area contributed by atoms with E-state index < -0.39 is 17.6 Å². The van der Waals surface area contributed by atoms with E-state index in [1.807, 2.05) is 0 Å². The Labute approximate surface area is 147 Å². The number of anilines is 4. The zero-order chi connectivity index (χ0) is 18.5. The maximum atomic E-state index is 13.7. The first-order valence-electron chi connectivity index (χ1n) is 7.55. The summed E-state index contributed by atoms with van der Waals surface area (Å²) in [6.07, 6.45) is 1.49. The molecule has 0 aliphatic carbocycles. The third-order valence-corrected chi connectivity index (χ3v) is 3.41. The van der Waals surface area contributed by atoms with Crippen LogP contribution in [0.2, 0.25) is 0 Å². The van der Waals surface area contributed by atoms with E-state index >= 15 is 0 Å². The summed E-state index contributed by atoms with van der Waals surface area (Å²) in [4.78, 5) is 19.7. The number of hydrogen-bond donors (Lipinski definition) is 2. The summed E-state index contributed by atoms with van der Waals surface area (Å²) in [5.74, 6) is -1.21. The van der Waals surface area contributed by atoms with Gasteiger partial charge in [-0.25, -0.2) is 18.6 Å². The summed E-state index contributed by atoms with van der Waals surface area (Å²) >= 11 is 0. The average molecular weight is 356 g/mol. The Morgan fingerprint density at radius 1 is 1.04 bits per heavy atom. The topological polar surface area (TPSA) is 76.1 Å². The van der Waals surface area contributed by atoms with E-state index in [9.17, 15) is 13.6 Å². The number of methoxy groups -OCH3 is 1. The molecule has 3 rings (SSSR count). The first-order valence-corrected chi connectivity index (χ1v) is 7.55. The Bertz CT molecular complexity index is 933. The summed E-state index contributed by atoms with van der Waals surface area (Å²) in [5, 5.41) is 5.73. The number of halogens is 2. The fourth-order valence-corrected chi connectivity index (χ4v) is 2.15. The predicted octanol–water partition coefficient (Wildman–Crippen LogP) is 4.03. The Balaban J connectivity index is 1.74. The molecule has 0 spiro atoms.